The average Bonchev–Trinajstić information content (AvgIpc) is 2.35. The van der Waals surface area contributed by atoms with E-state index in [1.165, 1.54) is 0 Å². The molecule has 0 radical (unpaired) electrons. The molecule has 1 atom stereocenters. The summed E-state index contributed by atoms with van der Waals surface area (Å²) in [4.78, 5) is 4.31. The van der Waals surface area contributed by atoms with Crippen molar-refractivity contribution in [3.63, 3.8) is 0 Å². The second-order valence-corrected chi connectivity index (χ2v) is 2.83. The Labute approximate surface area is 59.9 Å². The molecule has 3 heteroatoms. The van der Waals surface area contributed by atoms with Crippen molar-refractivity contribution in [3.8, 4) is 0 Å². The van der Waals surface area contributed by atoms with E-state index in [-0.39, 0.29) is 6.04 Å². The molecule has 1 unspecified atom stereocenters. The van der Waals surface area contributed by atoms with Gasteiger partial charge < -0.3 is 10.3 Å². The smallest absolute Gasteiger partial charge is 0.126 e. The van der Waals surface area contributed by atoms with E-state index in [4.69, 9.17) is 5.73 Å². The molecule has 10 heavy (non-hydrogen) atoms. The van der Waals surface area contributed by atoms with Gasteiger partial charge in [-0.1, -0.05) is 0 Å². The number of fused-ring (bicyclic) bond motifs is 1. The summed E-state index contributed by atoms with van der Waals surface area (Å²) in [5, 5.41) is 0. The maximum absolute atomic E-state index is 5.78. The highest BCUT2D eigenvalue weighted by Crippen LogP contribution is 2.21. The van der Waals surface area contributed by atoms with Gasteiger partial charge in [0.1, 0.15) is 5.82 Å². The maximum atomic E-state index is 5.78. The van der Waals surface area contributed by atoms with Crippen LogP contribution in [-0.2, 0) is 6.54 Å². The quantitative estimate of drug-likeness (QED) is 0.569. The van der Waals surface area contributed by atoms with Gasteiger partial charge in [-0.25, -0.2) is 4.98 Å². The molecule has 54 valence electrons. The Morgan fingerprint density at radius 2 is 2.60 bits per heavy atom. The minimum Gasteiger partial charge on any atom is -0.333 e. The summed E-state index contributed by atoms with van der Waals surface area (Å²) in [5.74, 6) is 1.05. The minimum absolute atomic E-state index is 0.175. The van der Waals surface area contributed by atoms with Crippen LogP contribution >= 0.6 is 0 Å². The van der Waals surface area contributed by atoms with E-state index in [0.29, 0.717) is 0 Å². The van der Waals surface area contributed by atoms with Crippen molar-refractivity contribution < 1.29 is 0 Å². The number of nitrogens with zero attached hydrogens (tertiary/aromatic N) is 2. The number of imidazole rings is 1. The Morgan fingerprint density at radius 3 is 3.30 bits per heavy atom. The van der Waals surface area contributed by atoms with Crippen LogP contribution < -0.4 is 5.73 Å². The van der Waals surface area contributed by atoms with E-state index in [9.17, 15) is 0 Å². The monoisotopic (exact) mass is 137 g/mol. The summed E-state index contributed by atoms with van der Waals surface area (Å²) in [7, 11) is 0. The Kier molecular flexibility index (Phi) is 1.08. The first kappa shape index (κ1) is 5.92. The van der Waals surface area contributed by atoms with E-state index in [1.54, 1.807) is 0 Å². The summed E-state index contributed by atoms with van der Waals surface area (Å²) in [6, 6.07) is 0.175. The van der Waals surface area contributed by atoms with Crippen LogP contribution in [0.2, 0.25) is 0 Å². The zero-order chi connectivity index (χ0) is 7.14. The third-order valence-electron chi connectivity index (χ3n) is 1.94. The van der Waals surface area contributed by atoms with Crippen molar-refractivity contribution in [2.45, 2.75) is 25.9 Å². The highest BCUT2D eigenvalue weighted by molar-refractivity contribution is 5.09. The van der Waals surface area contributed by atoms with Crippen molar-refractivity contribution in [3.05, 3.63) is 17.7 Å². The van der Waals surface area contributed by atoms with Gasteiger partial charge in [0.2, 0.25) is 0 Å². The molecule has 1 aliphatic heterocycles. The Morgan fingerprint density at radius 1 is 1.80 bits per heavy atom. The zero-order valence-corrected chi connectivity index (χ0v) is 6.04. The van der Waals surface area contributed by atoms with Crippen molar-refractivity contribution in [1.29, 1.82) is 0 Å². The van der Waals surface area contributed by atoms with Crippen LogP contribution in [0.25, 0.3) is 0 Å². The third kappa shape index (κ3) is 0.671. The molecule has 0 saturated carbocycles. The summed E-state index contributed by atoms with van der Waals surface area (Å²) < 4.78 is 2.14. The third-order valence-corrected chi connectivity index (χ3v) is 1.94. The summed E-state index contributed by atoms with van der Waals surface area (Å²) in [5.41, 5.74) is 6.85. The first-order valence-corrected chi connectivity index (χ1v) is 3.56. The van der Waals surface area contributed by atoms with Gasteiger partial charge in [0.25, 0.3) is 0 Å². The van der Waals surface area contributed by atoms with Gasteiger partial charge in [-0.3, -0.25) is 0 Å². The van der Waals surface area contributed by atoms with E-state index in [0.717, 1.165) is 24.5 Å². The first-order chi connectivity index (χ1) is 4.77. The molecule has 0 amide bonds. The molecule has 2 rings (SSSR count). The molecule has 2 N–H and O–H groups in total. The lowest BCUT2D eigenvalue weighted by atomic mass is 10.3. The molecule has 3 nitrogen and oxygen atoms in total. The summed E-state index contributed by atoms with van der Waals surface area (Å²) >= 11 is 0. The molecule has 0 saturated heterocycles. The van der Waals surface area contributed by atoms with Crippen LogP contribution in [0.5, 0.6) is 0 Å². The predicted octanol–water partition coefficient (Wildman–Crippen LogP) is 0.595. The average molecular weight is 137 g/mol. The molecule has 0 aliphatic carbocycles. The van der Waals surface area contributed by atoms with Crippen molar-refractivity contribution in [2.75, 3.05) is 0 Å². The molecule has 0 spiro atoms. The Balaban J connectivity index is 2.49. The molecular weight excluding hydrogens is 126 g/mol. The highest BCUT2D eigenvalue weighted by Gasteiger charge is 2.19. The van der Waals surface area contributed by atoms with Gasteiger partial charge in [0.15, 0.2) is 0 Å². The van der Waals surface area contributed by atoms with Gasteiger partial charge in [-0.15, -0.1) is 0 Å². The second-order valence-electron chi connectivity index (χ2n) is 2.83. The largest absolute Gasteiger partial charge is 0.333 e. The van der Waals surface area contributed by atoms with Crippen molar-refractivity contribution >= 4 is 0 Å². The van der Waals surface area contributed by atoms with Crippen LogP contribution in [0.4, 0.5) is 0 Å². The highest BCUT2D eigenvalue weighted by atomic mass is 15.1. The molecule has 0 fully saturated rings. The van der Waals surface area contributed by atoms with Crippen LogP contribution in [0.15, 0.2) is 6.20 Å². The Hall–Kier alpha value is -0.830. The molecular formula is C7H11N3. The fourth-order valence-electron chi connectivity index (χ4n) is 1.45. The molecule has 1 aromatic heterocycles. The van der Waals surface area contributed by atoms with Crippen LogP contribution in [0.3, 0.4) is 0 Å². The van der Waals surface area contributed by atoms with Crippen molar-refractivity contribution in [1.82, 2.24) is 9.55 Å². The van der Waals surface area contributed by atoms with Crippen LogP contribution in [0, 0.1) is 6.92 Å². The van der Waals surface area contributed by atoms with Crippen LogP contribution in [0.1, 0.15) is 24.0 Å². The lowest BCUT2D eigenvalue weighted by Gasteiger charge is -1.95. The second kappa shape index (κ2) is 1.83. The number of aromatic nitrogens is 2. The first-order valence-electron chi connectivity index (χ1n) is 3.56. The van der Waals surface area contributed by atoms with E-state index >= 15 is 0 Å². The molecule has 0 bridgehead atoms. The summed E-state index contributed by atoms with van der Waals surface area (Å²) in [6.07, 6.45) is 3.10. The van der Waals surface area contributed by atoms with Gasteiger partial charge in [0.05, 0.1) is 11.7 Å². The normalized spacial score (nSPS) is 23.2. The number of rotatable bonds is 0. The SMILES string of the molecule is Cc1cn2c(n1)C(N)CC2. The maximum Gasteiger partial charge on any atom is 0.126 e. The molecule has 0 aromatic carbocycles. The van der Waals surface area contributed by atoms with Gasteiger partial charge in [-0.2, -0.15) is 0 Å². The predicted molar refractivity (Wildman–Crippen MR) is 38.5 cm³/mol. The number of nitrogens with two attached hydrogens (primary N) is 1. The minimum atomic E-state index is 0.175. The van der Waals surface area contributed by atoms with E-state index in [1.807, 2.05) is 6.92 Å². The fourth-order valence-corrected chi connectivity index (χ4v) is 1.45. The van der Waals surface area contributed by atoms with Gasteiger partial charge >= 0.3 is 0 Å². The standard InChI is InChI=1S/C7H11N3/c1-5-4-10-3-2-6(8)7(10)9-5/h4,6H,2-3,8H2,1H3. The number of hydrogen-bond acceptors (Lipinski definition) is 2. The van der Waals surface area contributed by atoms with E-state index in [2.05, 4.69) is 15.7 Å². The topological polar surface area (TPSA) is 43.8 Å². The van der Waals surface area contributed by atoms with Crippen molar-refractivity contribution in [2.24, 2.45) is 5.73 Å². The number of hydrogen-bond donors (Lipinski definition) is 1. The fraction of sp³-hybridized carbons (Fsp3) is 0.571. The number of aryl methyl sites for hydroxylation is 2. The molecule has 1 aromatic rings. The Bertz CT molecular complexity index is 251. The van der Waals surface area contributed by atoms with Gasteiger partial charge in [0, 0.05) is 12.7 Å². The molecule has 1 aliphatic rings. The lowest BCUT2D eigenvalue weighted by Crippen LogP contribution is -2.06. The lowest BCUT2D eigenvalue weighted by molar-refractivity contribution is 0.676. The van der Waals surface area contributed by atoms with Crippen LogP contribution in [-0.4, -0.2) is 9.55 Å². The van der Waals surface area contributed by atoms with E-state index < -0.39 is 0 Å². The zero-order valence-electron chi connectivity index (χ0n) is 6.04. The molecule has 2 heterocycles. The van der Waals surface area contributed by atoms with Gasteiger partial charge in [-0.05, 0) is 13.3 Å². The summed E-state index contributed by atoms with van der Waals surface area (Å²) in [6.45, 7) is 3.04.